The van der Waals surface area contributed by atoms with E-state index in [1.807, 2.05) is 6.92 Å². The molecule has 0 bridgehead atoms. The van der Waals surface area contributed by atoms with E-state index in [4.69, 9.17) is 4.74 Å². The minimum absolute atomic E-state index is 0.00862. The van der Waals surface area contributed by atoms with E-state index in [0.717, 1.165) is 19.4 Å². The summed E-state index contributed by atoms with van der Waals surface area (Å²) >= 11 is 0. The van der Waals surface area contributed by atoms with Crippen LogP contribution < -0.4 is 10.6 Å². The first-order valence-corrected chi connectivity index (χ1v) is 6.33. The van der Waals surface area contributed by atoms with E-state index in [0.29, 0.717) is 19.4 Å². The SMILES string of the molecule is CCOC(=O)CC[C@@H](C)NC(=O)[C@H]1CCCN1. The standard InChI is InChI=1S/C12H22N2O3/c1-3-17-11(15)7-6-9(2)14-12(16)10-5-4-8-13-10/h9-10,13H,3-8H2,1-2H3,(H,14,16)/t9-,10-/m1/s1. The van der Waals surface area contributed by atoms with Crippen LogP contribution in [-0.4, -0.2) is 37.1 Å². The molecule has 1 saturated heterocycles. The lowest BCUT2D eigenvalue weighted by atomic mass is 10.1. The van der Waals surface area contributed by atoms with E-state index in [1.165, 1.54) is 0 Å². The molecule has 1 rings (SSSR count). The Morgan fingerprint density at radius 1 is 1.53 bits per heavy atom. The highest BCUT2D eigenvalue weighted by Gasteiger charge is 2.22. The predicted molar refractivity (Wildman–Crippen MR) is 64.5 cm³/mol. The molecule has 0 unspecified atom stereocenters. The van der Waals surface area contributed by atoms with Gasteiger partial charge in [-0.15, -0.1) is 0 Å². The van der Waals surface area contributed by atoms with Crippen molar-refractivity contribution in [3.8, 4) is 0 Å². The number of carbonyl (C=O) groups is 2. The van der Waals surface area contributed by atoms with Crippen molar-refractivity contribution in [2.45, 2.75) is 51.6 Å². The summed E-state index contributed by atoms with van der Waals surface area (Å²) in [5.41, 5.74) is 0. The molecule has 0 radical (unpaired) electrons. The van der Waals surface area contributed by atoms with Gasteiger partial charge in [-0.3, -0.25) is 9.59 Å². The zero-order chi connectivity index (χ0) is 12.7. The van der Waals surface area contributed by atoms with Gasteiger partial charge in [0, 0.05) is 12.5 Å². The predicted octanol–water partition coefficient (Wildman–Crippen LogP) is 0.586. The van der Waals surface area contributed by atoms with Crippen molar-refractivity contribution in [2.24, 2.45) is 0 Å². The molecule has 1 aliphatic heterocycles. The number of rotatable bonds is 6. The molecule has 0 aliphatic carbocycles. The highest BCUT2D eigenvalue weighted by atomic mass is 16.5. The molecule has 1 fully saturated rings. The fourth-order valence-electron chi connectivity index (χ4n) is 1.89. The first-order valence-electron chi connectivity index (χ1n) is 6.33. The molecule has 2 N–H and O–H groups in total. The Kier molecular flexibility index (Phi) is 5.97. The lowest BCUT2D eigenvalue weighted by molar-refractivity contribution is -0.143. The van der Waals surface area contributed by atoms with E-state index in [2.05, 4.69) is 10.6 Å². The van der Waals surface area contributed by atoms with Gasteiger partial charge in [-0.05, 0) is 39.7 Å². The van der Waals surface area contributed by atoms with Gasteiger partial charge in [0.2, 0.25) is 5.91 Å². The fourth-order valence-corrected chi connectivity index (χ4v) is 1.89. The van der Waals surface area contributed by atoms with Crippen LogP contribution in [0.3, 0.4) is 0 Å². The van der Waals surface area contributed by atoms with Gasteiger partial charge in [-0.2, -0.15) is 0 Å². The van der Waals surface area contributed by atoms with Crippen LogP contribution in [0.1, 0.15) is 39.5 Å². The second-order valence-electron chi connectivity index (χ2n) is 4.40. The van der Waals surface area contributed by atoms with Crippen LogP contribution >= 0.6 is 0 Å². The van der Waals surface area contributed by atoms with Crippen molar-refractivity contribution in [3.05, 3.63) is 0 Å². The first-order chi connectivity index (χ1) is 8.13. The van der Waals surface area contributed by atoms with Crippen LogP contribution in [0.4, 0.5) is 0 Å². The van der Waals surface area contributed by atoms with Crippen molar-refractivity contribution in [2.75, 3.05) is 13.2 Å². The fraction of sp³-hybridized carbons (Fsp3) is 0.833. The Morgan fingerprint density at radius 2 is 2.29 bits per heavy atom. The van der Waals surface area contributed by atoms with Crippen LogP contribution in [0.25, 0.3) is 0 Å². The number of hydrogen-bond acceptors (Lipinski definition) is 4. The highest BCUT2D eigenvalue weighted by molar-refractivity contribution is 5.82. The van der Waals surface area contributed by atoms with Gasteiger partial charge >= 0.3 is 5.97 Å². The van der Waals surface area contributed by atoms with E-state index in [9.17, 15) is 9.59 Å². The maximum Gasteiger partial charge on any atom is 0.305 e. The summed E-state index contributed by atoms with van der Waals surface area (Å²) in [6, 6.07) is -0.0469. The molecule has 1 aliphatic rings. The summed E-state index contributed by atoms with van der Waals surface area (Å²) in [5, 5.41) is 6.05. The van der Waals surface area contributed by atoms with E-state index < -0.39 is 0 Å². The summed E-state index contributed by atoms with van der Waals surface area (Å²) in [4.78, 5) is 22.9. The van der Waals surface area contributed by atoms with Crippen LogP contribution in [0, 0.1) is 0 Å². The minimum Gasteiger partial charge on any atom is -0.466 e. The van der Waals surface area contributed by atoms with Crippen LogP contribution in [0.2, 0.25) is 0 Å². The summed E-state index contributed by atoms with van der Waals surface area (Å²) in [7, 11) is 0. The molecule has 5 nitrogen and oxygen atoms in total. The molecular formula is C12H22N2O3. The monoisotopic (exact) mass is 242 g/mol. The lowest BCUT2D eigenvalue weighted by Crippen LogP contribution is -2.44. The average molecular weight is 242 g/mol. The number of carbonyl (C=O) groups excluding carboxylic acids is 2. The summed E-state index contributed by atoms with van der Waals surface area (Å²) < 4.78 is 4.83. The Labute approximate surface area is 102 Å². The minimum atomic E-state index is -0.201. The topological polar surface area (TPSA) is 67.4 Å². The average Bonchev–Trinajstić information content (AvgIpc) is 2.80. The lowest BCUT2D eigenvalue weighted by Gasteiger charge is -2.16. The van der Waals surface area contributed by atoms with Crippen molar-refractivity contribution >= 4 is 11.9 Å². The summed E-state index contributed by atoms with van der Waals surface area (Å²) in [5.74, 6) is -0.161. The second-order valence-corrected chi connectivity index (χ2v) is 4.40. The quantitative estimate of drug-likeness (QED) is 0.669. The Morgan fingerprint density at radius 3 is 2.88 bits per heavy atom. The molecule has 0 aromatic carbocycles. The molecule has 2 atom stereocenters. The normalized spacial score (nSPS) is 20.9. The number of nitrogens with one attached hydrogen (secondary N) is 2. The molecule has 1 amide bonds. The maximum atomic E-state index is 11.7. The molecule has 5 heteroatoms. The molecule has 0 aromatic heterocycles. The van der Waals surface area contributed by atoms with Crippen molar-refractivity contribution in [1.82, 2.24) is 10.6 Å². The van der Waals surface area contributed by atoms with Gasteiger partial charge in [0.1, 0.15) is 0 Å². The van der Waals surface area contributed by atoms with Crippen molar-refractivity contribution in [3.63, 3.8) is 0 Å². The molecule has 0 saturated carbocycles. The van der Waals surface area contributed by atoms with Gasteiger partial charge in [0.25, 0.3) is 0 Å². The third kappa shape index (κ3) is 5.17. The van der Waals surface area contributed by atoms with Gasteiger partial charge in [0.15, 0.2) is 0 Å². The molecule has 98 valence electrons. The van der Waals surface area contributed by atoms with Crippen molar-refractivity contribution < 1.29 is 14.3 Å². The smallest absolute Gasteiger partial charge is 0.305 e. The number of hydrogen-bond donors (Lipinski definition) is 2. The second kappa shape index (κ2) is 7.27. The van der Waals surface area contributed by atoms with Gasteiger partial charge < -0.3 is 15.4 Å². The summed E-state index contributed by atoms with van der Waals surface area (Å²) in [6.45, 7) is 5.02. The van der Waals surface area contributed by atoms with Gasteiger partial charge in [-0.25, -0.2) is 0 Å². The van der Waals surface area contributed by atoms with E-state index >= 15 is 0 Å². The number of esters is 1. The van der Waals surface area contributed by atoms with Crippen LogP contribution in [0.15, 0.2) is 0 Å². The number of amides is 1. The Hall–Kier alpha value is -1.10. The van der Waals surface area contributed by atoms with E-state index in [-0.39, 0.29) is 24.0 Å². The van der Waals surface area contributed by atoms with Gasteiger partial charge in [-0.1, -0.05) is 0 Å². The third-order valence-corrected chi connectivity index (χ3v) is 2.85. The Bertz CT molecular complexity index is 262. The van der Waals surface area contributed by atoms with Crippen LogP contribution in [-0.2, 0) is 14.3 Å². The van der Waals surface area contributed by atoms with Crippen LogP contribution in [0.5, 0.6) is 0 Å². The molecular weight excluding hydrogens is 220 g/mol. The zero-order valence-electron chi connectivity index (χ0n) is 10.6. The molecule has 0 aromatic rings. The third-order valence-electron chi connectivity index (χ3n) is 2.85. The molecule has 0 spiro atoms. The van der Waals surface area contributed by atoms with E-state index in [1.54, 1.807) is 6.92 Å². The zero-order valence-corrected chi connectivity index (χ0v) is 10.6. The number of ether oxygens (including phenoxy) is 1. The van der Waals surface area contributed by atoms with Crippen molar-refractivity contribution in [1.29, 1.82) is 0 Å². The van der Waals surface area contributed by atoms with Gasteiger partial charge in [0.05, 0.1) is 12.6 Å². The first kappa shape index (κ1) is 14.0. The molecule has 17 heavy (non-hydrogen) atoms. The Balaban J connectivity index is 2.17. The molecule has 1 heterocycles. The maximum absolute atomic E-state index is 11.7. The summed E-state index contributed by atoms with van der Waals surface area (Å²) in [6.07, 6.45) is 2.93. The highest BCUT2D eigenvalue weighted by Crippen LogP contribution is 2.06. The largest absolute Gasteiger partial charge is 0.466 e.